The number of esters is 1. The van der Waals surface area contributed by atoms with Gasteiger partial charge in [-0.15, -0.1) is 0 Å². The number of hydrogen-bond acceptors (Lipinski definition) is 2. The maximum Gasteiger partial charge on any atom is 0.321 e. The Morgan fingerprint density at radius 3 is 1.02 bits per heavy atom. The standard InChI is InChI=1S/C46H84O2/c1-3-5-7-9-11-13-15-17-19-21-23-25-27-29-31-33-35-37-39-41-43-45-44(46(47)48-45)42-40-38-36-34-32-30-28-26-24-22-20-18-16-14-12-10-8-6-4-2/h25-28,43-44H,3-24,29-42H2,1-2H3/b27-25+,28-26+,45-43+. The number of cyclic esters (lactones) is 1. The van der Waals surface area contributed by atoms with Crippen molar-refractivity contribution in [1.82, 2.24) is 0 Å². The van der Waals surface area contributed by atoms with Crippen LogP contribution in [0, 0.1) is 5.92 Å². The predicted octanol–water partition coefficient (Wildman–Crippen LogP) is 16.2. The van der Waals surface area contributed by atoms with Crippen molar-refractivity contribution < 1.29 is 9.53 Å². The Kier molecular flexibility index (Phi) is 34.4. The Hall–Kier alpha value is -1.31. The van der Waals surface area contributed by atoms with Crippen LogP contribution in [0.4, 0.5) is 0 Å². The van der Waals surface area contributed by atoms with Crippen LogP contribution in [0.15, 0.2) is 36.1 Å². The molecule has 0 aliphatic carbocycles. The van der Waals surface area contributed by atoms with Crippen molar-refractivity contribution in [2.24, 2.45) is 5.92 Å². The molecule has 0 N–H and O–H groups in total. The van der Waals surface area contributed by atoms with Gasteiger partial charge in [0.05, 0.1) is 0 Å². The molecule has 1 rings (SSSR count). The molecule has 1 aliphatic heterocycles. The summed E-state index contributed by atoms with van der Waals surface area (Å²) in [5, 5.41) is 0. The molecule has 0 aromatic rings. The van der Waals surface area contributed by atoms with E-state index in [1.54, 1.807) is 0 Å². The zero-order chi connectivity index (χ0) is 34.4. The predicted molar refractivity (Wildman–Crippen MR) is 214 cm³/mol. The lowest BCUT2D eigenvalue weighted by Gasteiger charge is -2.28. The highest BCUT2D eigenvalue weighted by Crippen LogP contribution is 2.32. The zero-order valence-corrected chi connectivity index (χ0v) is 32.7. The molecule has 0 bridgehead atoms. The van der Waals surface area contributed by atoms with Crippen LogP contribution in [-0.4, -0.2) is 5.97 Å². The van der Waals surface area contributed by atoms with Gasteiger partial charge in [-0.05, 0) is 76.7 Å². The third kappa shape index (κ3) is 29.6. The molecule has 2 heteroatoms. The van der Waals surface area contributed by atoms with Gasteiger partial charge in [-0.25, -0.2) is 0 Å². The largest absolute Gasteiger partial charge is 0.430 e. The maximum atomic E-state index is 12.0. The molecule has 280 valence electrons. The molecule has 0 aromatic carbocycles. The van der Waals surface area contributed by atoms with Gasteiger partial charge >= 0.3 is 5.97 Å². The SMILES string of the molecule is CCCCCCCCCCCC/C=C/CCCCCCC/C=C1/OC(=O)C1CCCCCCC/C=C/CCCCCCCCCCCC. The molecule has 2 nitrogen and oxygen atoms in total. The van der Waals surface area contributed by atoms with Crippen molar-refractivity contribution in [3.05, 3.63) is 36.1 Å². The number of rotatable bonds is 38. The fourth-order valence-corrected chi connectivity index (χ4v) is 7.05. The second-order valence-corrected chi connectivity index (χ2v) is 15.2. The van der Waals surface area contributed by atoms with E-state index in [9.17, 15) is 4.79 Å². The first kappa shape index (κ1) is 44.7. The molecule has 0 aromatic heterocycles. The summed E-state index contributed by atoms with van der Waals surface area (Å²) in [7, 11) is 0. The normalized spacial score (nSPS) is 15.7. The van der Waals surface area contributed by atoms with Crippen molar-refractivity contribution in [3.8, 4) is 0 Å². The molecule has 0 radical (unpaired) electrons. The summed E-state index contributed by atoms with van der Waals surface area (Å²) in [6.07, 6.45) is 60.1. The molecule has 1 saturated heterocycles. The molecule has 0 saturated carbocycles. The molecule has 48 heavy (non-hydrogen) atoms. The summed E-state index contributed by atoms with van der Waals surface area (Å²) < 4.78 is 5.39. The Bertz CT molecular complexity index is 762. The van der Waals surface area contributed by atoms with Crippen LogP contribution in [-0.2, 0) is 9.53 Å². The number of allylic oxidation sites excluding steroid dienone is 5. The topological polar surface area (TPSA) is 26.3 Å². The van der Waals surface area contributed by atoms with Gasteiger partial charge in [0, 0.05) is 0 Å². The minimum Gasteiger partial charge on any atom is -0.430 e. The number of ether oxygens (including phenoxy) is 1. The Labute approximate surface area is 301 Å². The molecule has 1 atom stereocenters. The summed E-state index contributed by atoms with van der Waals surface area (Å²) in [6, 6.07) is 0. The minimum atomic E-state index is 0.00928. The van der Waals surface area contributed by atoms with Gasteiger partial charge in [-0.2, -0.15) is 0 Å². The fraction of sp³-hybridized carbons (Fsp3) is 0.848. The van der Waals surface area contributed by atoms with Crippen LogP contribution in [0.5, 0.6) is 0 Å². The smallest absolute Gasteiger partial charge is 0.321 e. The fourth-order valence-electron chi connectivity index (χ4n) is 7.05. The van der Waals surface area contributed by atoms with E-state index in [2.05, 4.69) is 44.2 Å². The van der Waals surface area contributed by atoms with Crippen LogP contribution < -0.4 is 0 Å². The van der Waals surface area contributed by atoms with E-state index in [0.717, 1.165) is 25.0 Å². The van der Waals surface area contributed by atoms with Crippen molar-refractivity contribution in [1.29, 1.82) is 0 Å². The average Bonchev–Trinajstić information content (AvgIpc) is 3.09. The number of carbonyl (C=O) groups is 1. The van der Waals surface area contributed by atoms with E-state index in [4.69, 9.17) is 4.74 Å². The van der Waals surface area contributed by atoms with Crippen molar-refractivity contribution in [2.75, 3.05) is 0 Å². The third-order valence-corrected chi connectivity index (χ3v) is 10.4. The molecule has 1 unspecified atom stereocenters. The van der Waals surface area contributed by atoms with E-state index in [-0.39, 0.29) is 11.9 Å². The highest BCUT2D eigenvalue weighted by atomic mass is 16.6. The second-order valence-electron chi connectivity index (χ2n) is 15.2. The lowest BCUT2D eigenvalue weighted by atomic mass is 9.93. The first-order chi connectivity index (χ1) is 23.8. The van der Waals surface area contributed by atoms with Gasteiger partial charge < -0.3 is 4.74 Å². The number of unbranched alkanes of at least 4 members (excludes halogenated alkanes) is 31. The van der Waals surface area contributed by atoms with Gasteiger partial charge in [0.15, 0.2) is 0 Å². The van der Waals surface area contributed by atoms with Crippen molar-refractivity contribution in [3.63, 3.8) is 0 Å². The Morgan fingerprint density at radius 1 is 0.396 bits per heavy atom. The van der Waals surface area contributed by atoms with Crippen LogP contribution in [0.2, 0.25) is 0 Å². The lowest BCUT2D eigenvalue weighted by molar-refractivity contribution is -0.157. The maximum absolute atomic E-state index is 12.0. The average molecular weight is 669 g/mol. The molecular weight excluding hydrogens is 585 g/mol. The summed E-state index contributed by atoms with van der Waals surface area (Å²) in [5.41, 5.74) is 0. The van der Waals surface area contributed by atoms with E-state index in [1.807, 2.05) is 0 Å². The summed E-state index contributed by atoms with van der Waals surface area (Å²) in [4.78, 5) is 12.0. The monoisotopic (exact) mass is 669 g/mol. The zero-order valence-electron chi connectivity index (χ0n) is 32.7. The first-order valence-electron chi connectivity index (χ1n) is 22.0. The third-order valence-electron chi connectivity index (χ3n) is 10.4. The van der Waals surface area contributed by atoms with Gasteiger partial charge in [0.25, 0.3) is 0 Å². The van der Waals surface area contributed by atoms with Gasteiger partial charge in [0.2, 0.25) is 0 Å². The van der Waals surface area contributed by atoms with Gasteiger partial charge in [-0.1, -0.05) is 199 Å². The molecular formula is C46H84O2. The highest BCUT2D eigenvalue weighted by Gasteiger charge is 2.36. The van der Waals surface area contributed by atoms with Crippen LogP contribution in [0.1, 0.15) is 245 Å². The van der Waals surface area contributed by atoms with Crippen LogP contribution in [0.25, 0.3) is 0 Å². The van der Waals surface area contributed by atoms with Crippen molar-refractivity contribution >= 4 is 5.97 Å². The number of carbonyl (C=O) groups excluding carboxylic acids is 1. The Morgan fingerprint density at radius 2 is 0.688 bits per heavy atom. The van der Waals surface area contributed by atoms with Crippen LogP contribution in [0.3, 0.4) is 0 Å². The highest BCUT2D eigenvalue weighted by molar-refractivity contribution is 5.82. The molecule has 1 aliphatic rings. The summed E-state index contributed by atoms with van der Waals surface area (Å²) >= 11 is 0. The van der Waals surface area contributed by atoms with Gasteiger partial charge in [-0.3, -0.25) is 4.79 Å². The quantitative estimate of drug-likeness (QED) is 0.0372. The molecule has 0 spiro atoms. The molecule has 1 heterocycles. The molecule has 0 amide bonds. The van der Waals surface area contributed by atoms with Crippen molar-refractivity contribution in [2.45, 2.75) is 245 Å². The number of hydrogen-bond donors (Lipinski definition) is 0. The summed E-state index contributed by atoms with van der Waals surface area (Å²) in [6.45, 7) is 4.59. The first-order valence-corrected chi connectivity index (χ1v) is 22.0. The minimum absolute atomic E-state index is 0.00928. The van der Waals surface area contributed by atoms with Crippen LogP contribution >= 0.6 is 0 Å². The lowest BCUT2D eigenvalue weighted by Crippen LogP contribution is -2.32. The van der Waals surface area contributed by atoms with E-state index in [0.29, 0.717) is 0 Å². The second kappa shape index (κ2) is 37.0. The molecule has 1 fully saturated rings. The van der Waals surface area contributed by atoms with E-state index >= 15 is 0 Å². The van der Waals surface area contributed by atoms with Gasteiger partial charge in [0.1, 0.15) is 11.7 Å². The Balaban J connectivity index is 1.84. The summed E-state index contributed by atoms with van der Waals surface area (Å²) in [5.74, 6) is 1.04. The van der Waals surface area contributed by atoms with E-state index in [1.165, 1.54) is 212 Å². The van der Waals surface area contributed by atoms with E-state index < -0.39 is 0 Å².